The molecule has 0 aliphatic carbocycles. The number of esters is 1. The Hall–Kier alpha value is -3.40. The largest absolute Gasteiger partial charge is 0.466 e. The van der Waals surface area contributed by atoms with Crippen molar-refractivity contribution < 1.29 is 23.9 Å². The lowest BCUT2D eigenvalue weighted by Gasteiger charge is -2.10. The first-order valence-electron chi connectivity index (χ1n) is 9.45. The van der Waals surface area contributed by atoms with Gasteiger partial charge in [0.05, 0.1) is 18.1 Å². The topological polar surface area (TPSA) is 126 Å². The van der Waals surface area contributed by atoms with Gasteiger partial charge in [0.15, 0.2) is 11.8 Å². The number of benzene rings is 1. The van der Waals surface area contributed by atoms with Gasteiger partial charge in [-0.25, -0.2) is 9.78 Å². The molecule has 3 rings (SSSR count). The first-order chi connectivity index (χ1) is 14.9. The van der Waals surface area contributed by atoms with E-state index >= 15 is 0 Å². The molecule has 0 radical (unpaired) electrons. The van der Waals surface area contributed by atoms with E-state index in [1.54, 1.807) is 6.26 Å². The number of carbonyl (C=O) groups excluding carboxylic acids is 3. The molecule has 0 unspecified atom stereocenters. The van der Waals surface area contributed by atoms with Gasteiger partial charge < -0.3 is 19.8 Å². The van der Waals surface area contributed by atoms with E-state index in [-0.39, 0.29) is 16.8 Å². The summed E-state index contributed by atoms with van der Waals surface area (Å²) >= 11 is 1.28. The monoisotopic (exact) mass is 442 g/mol. The molecule has 1 aromatic carbocycles. The van der Waals surface area contributed by atoms with Crippen molar-refractivity contribution in [3.8, 4) is 5.88 Å². The van der Waals surface area contributed by atoms with Crippen LogP contribution >= 0.6 is 11.8 Å². The zero-order chi connectivity index (χ0) is 22.5. The highest BCUT2D eigenvalue weighted by Gasteiger charge is 2.29. The number of fused-ring (bicyclic) bond motifs is 1. The molecule has 0 atom stereocenters. The first-order valence-corrected chi connectivity index (χ1v) is 10.7. The smallest absolute Gasteiger partial charge is 0.343 e. The Morgan fingerprint density at radius 1 is 1.16 bits per heavy atom. The third-order valence-electron chi connectivity index (χ3n) is 4.66. The summed E-state index contributed by atoms with van der Waals surface area (Å²) in [4.78, 5) is 45.2. The first kappa shape index (κ1) is 22.3. The molecule has 2 aromatic heterocycles. The standard InChI is InChI=1S/C21H22N4O5S/c1-4-13-15(17(27)18(22)28)16-19(25(13)10-12-8-6-5-7-9-12)23-21(31-3)24-20(16)30-11-14(26)29-2/h5-9H,4,10-11H2,1-3H3,(H2,22,28). The van der Waals surface area contributed by atoms with Gasteiger partial charge >= 0.3 is 5.97 Å². The maximum atomic E-state index is 12.8. The predicted molar refractivity (Wildman–Crippen MR) is 115 cm³/mol. The van der Waals surface area contributed by atoms with E-state index in [1.807, 2.05) is 41.8 Å². The molecule has 0 aliphatic heterocycles. The van der Waals surface area contributed by atoms with E-state index in [1.165, 1.54) is 18.9 Å². The quantitative estimate of drug-likeness (QED) is 0.175. The van der Waals surface area contributed by atoms with Crippen molar-refractivity contribution in [3.05, 3.63) is 47.2 Å². The number of rotatable bonds is 9. The lowest BCUT2D eigenvalue weighted by Crippen LogP contribution is -2.24. The van der Waals surface area contributed by atoms with Crippen LogP contribution in [0.5, 0.6) is 5.88 Å². The molecule has 0 fully saturated rings. The summed E-state index contributed by atoms with van der Waals surface area (Å²) in [6, 6.07) is 9.63. The van der Waals surface area contributed by atoms with E-state index < -0.39 is 24.3 Å². The van der Waals surface area contributed by atoms with Gasteiger partial charge in [-0.2, -0.15) is 4.98 Å². The van der Waals surface area contributed by atoms with E-state index in [4.69, 9.17) is 10.5 Å². The Balaban J connectivity index is 2.32. The molecule has 162 valence electrons. The van der Waals surface area contributed by atoms with E-state index in [0.29, 0.717) is 29.5 Å². The average Bonchev–Trinajstić information content (AvgIpc) is 3.10. The summed E-state index contributed by atoms with van der Waals surface area (Å²) < 4.78 is 12.1. The van der Waals surface area contributed by atoms with Gasteiger partial charge in [-0.15, -0.1) is 0 Å². The van der Waals surface area contributed by atoms with Crippen molar-refractivity contribution in [2.24, 2.45) is 5.73 Å². The van der Waals surface area contributed by atoms with Crippen molar-refractivity contribution in [2.75, 3.05) is 20.0 Å². The molecule has 0 saturated carbocycles. The number of hydrogen-bond acceptors (Lipinski definition) is 8. The second-order valence-corrected chi connectivity index (χ2v) is 7.29. The number of nitrogens with two attached hydrogens (primary N) is 1. The summed E-state index contributed by atoms with van der Waals surface area (Å²) in [5, 5.41) is 0.637. The van der Waals surface area contributed by atoms with Crippen molar-refractivity contribution in [2.45, 2.75) is 25.0 Å². The van der Waals surface area contributed by atoms with Gasteiger partial charge in [0.25, 0.3) is 11.7 Å². The molecule has 2 N–H and O–H groups in total. The summed E-state index contributed by atoms with van der Waals surface area (Å²) in [5.74, 6) is -2.55. The molecule has 0 aliphatic rings. The van der Waals surface area contributed by atoms with Gasteiger partial charge in [-0.05, 0) is 18.2 Å². The molecule has 0 spiro atoms. The third kappa shape index (κ3) is 4.53. The minimum absolute atomic E-state index is 0.0193. The Morgan fingerprint density at radius 3 is 2.45 bits per heavy atom. The second kappa shape index (κ2) is 9.61. The van der Waals surface area contributed by atoms with Gasteiger partial charge in [0.2, 0.25) is 5.88 Å². The van der Waals surface area contributed by atoms with E-state index in [2.05, 4.69) is 14.7 Å². The van der Waals surface area contributed by atoms with Crippen LogP contribution in [0.25, 0.3) is 11.0 Å². The Labute approximate surface area is 182 Å². The molecular weight excluding hydrogens is 420 g/mol. The van der Waals surface area contributed by atoms with E-state index in [9.17, 15) is 14.4 Å². The molecule has 10 heteroatoms. The number of amides is 1. The van der Waals surface area contributed by atoms with Crippen molar-refractivity contribution in [3.63, 3.8) is 0 Å². The van der Waals surface area contributed by atoms with Crippen LogP contribution in [0.3, 0.4) is 0 Å². The number of aromatic nitrogens is 3. The van der Waals surface area contributed by atoms with Crippen LogP contribution < -0.4 is 10.5 Å². The van der Waals surface area contributed by atoms with Crippen molar-refractivity contribution in [1.82, 2.24) is 14.5 Å². The Bertz CT molecular complexity index is 1140. The highest BCUT2D eigenvalue weighted by Crippen LogP contribution is 2.34. The summed E-state index contributed by atoms with van der Waals surface area (Å²) in [7, 11) is 1.24. The minimum atomic E-state index is -1.10. The number of Topliss-reactive ketones (excluding diaryl/α,β-unsaturated/α-hetero) is 1. The summed E-state index contributed by atoms with van der Waals surface area (Å²) in [5.41, 5.74) is 7.41. The summed E-state index contributed by atoms with van der Waals surface area (Å²) in [6.45, 7) is 1.87. The predicted octanol–water partition coefficient (Wildman–Crippen LogP) is 1.98. The molecule has 31 heavy (non-hydrogen) atoms. The zero-order valence-electron chi connectivity index (χ0n) is 17.4. The number of primary amides is 1. The number of ketones is 1. The van der Waals surface area contributed by atoms with Gasteiger partial charge in [0, 0.05) is 12.2 Å². The molecule has 9 nitrogen and oxygen atoms in total. The van der Waals surface area contributed by atoms with E-state index in [0.717, 1.165) is 5.56 Å². The fourth-order valence-corrected chi connectivity index (χ4v) is 3.64. The van der Waals surface area contributed by atoms with Crippen molar-refractivity contribution >= 4 is 40.5 Å². The van der Waals surface area contributed by atoms with Crippen LogP contribution in [0.2, 0.25) is 0 Å². The normalized spacial score (nSPS) is 10.8. The third-order valence-corrected chi connectivity index (χ3v) is 5.21. The molecular formula is C21H22N4O5S. The number of nitrogens with zero attached hydrogens (tertiary/aromatic N) is 3. The highest BCUT2D eigenvalue weighted by atomic mass is 32.2. The minimum Gasteiger partial charge on any atom is -0.466 e. The van der Waals surface area contributed by atoms with Gasteiger partial charge in [-0.3, -0.25) is 9.59 Å². The van der Waals surface area contributed by atoms with Gasteiger partial charge in [0.1, 0.15) is 5.65 Å². The molecule has 1 amide bonds. The highest BCUT2D eigenvalue weighted by molar-refractivity contribution is 7.98. The maximum absolute atomic E-state index is 12.8. The molecule has 0 saturated heterocycles. The number of ether oxygens (including phenoxy) is 2. The van der Waals surface area contributed by atoms with Crippen LogP contribution in [-0.2, 0) is 27.3 Å². The summed E-state index contributed by atoms with van der Waals surface area (Å²) in [6.07, 6.45) is 2.23. The average molecular weight is 442 g/mol. The number of hydrogen-bond donors (Lipinski definition) is 1. The van der Waals surface area contributed by atoms with Gasteiger partial charge in [-0.1, -0.05) is 49.0 Å². The SMILES string of the molecule is CCc1c(C(=O)C(N)=O)c2c(OCC(=O)OC)nc(SC)nc2n1Cc1ccccc1. The number of thioether (sulfide) groups is 1. The van der Waals surface area contributed by atoms with Crippen LogP contribution in [0, 0.1) is 0 Å². The van der Waals surface area contributed by atoms with Crippen LogP contribution in [0.1, 0.15) is 28.5 Å². The van der Waals surface area contributed by atoms with Crippen LogP contribution in [-0.4, -0.2) is 52.2 Å². The molecule has 2 heterocycles. The fraction of sp³-hybridized carbons (Fsp3) is 0.286. The Kier molecular flexibility index (Phi) is 6.91. The maximum Gasteiger partial charge on any atom is 0.343 e. The zero-order valence-corrected chi connectivity index (χ0v) is 18.2. The lowest BCUT2D eigenvalue weighted by molar-refractivity contribution is -0.143. The number of carbonyl (C=O) groups is 3. The molecule has 0 bridgehead atoms. The second-order valence-electron chi connectivity index (χ2n) is 6.52. The Morgan fingerprint density at radius 2 is 1.87 bits per heavy atom. The number of methoxy groups -OCH3 is 1. The molecule has 3 aromatic rings. The van der Waals surface area contributed by atoms with Crippen molar-refractivity contribution in [1.29, 1.82) is 0 Å². The van der Waals surface area contributed by atoms with Crippen LogP contribution in [0.15, 0.2) is 35.5 Å². The lowest BCUT2D eigenvalue weighted by atomic mass is 10.1. The fourth-order valence-electron chi connectivity index (χ4n) is 3.28. The van der Waals surface area contributed by atoms with Crippen LogP contribution in [0.4, 0.5) is 0 Å².